The number of rotatable bonds is 6. The molecule has 0 saturated heterocycles. The molecule has 0 aromatic heterocycles. The van der Waals surface area contributed by atoms with E-state index in [1.165, 1.54) is 11.1 Å². The lowest BCUT2D eigenvalue weighted by molar-refractivity contribution is 0.115. The first kappa shape index (κ1) is 14.2. The van der Waals surface area contributed by atoms with Gasteiger partial charge in [-0.1, -0.05) is 52.0 Å². The van der Waals surface area contributed by atoms with Crippen LogP contribution in [0.15, 0.2) is 24.3 Å². The van der Waals surface area contributed by atoms with Gasteiger partial charge in [0, 0.05) is 6.61 Å². The Morgan fingerprint density at radius 3 is 1.94 bits per heavy atom. The van der Waals surface area contributed by atoms with Crippen molar-refractivity contribution in [2.24, 2.45) is 5.41 Å². The third-order valence-corrected chi connectivity index (χ3v) is 4.06. The van der Waals surface area contributed by atoms with Gasteiger partial charge in [-0.2, -0.15) is 0 Å². The molecular weight excluding hydrogens is 208 g/mol. The molecule has 1 N–H and O–H groups in total. The molecule has 1 heteroatoms. The minimum Gasteiger partial charge on any atom is -0.396 e. The Balaban J connectivity index is 2.80. The first-order valence-corrected chi connectivity index (χ1v) is 6.76. The standard InChI is InChI=1S/C16H26O/c1-5-16(6-2,12-17)11-14-7-9-15(10-8-14)13(3)4/h7-10,13,17H,5-6,11-12H2,1-4H3. The highest BCUT2D eigenvalue weighted by Gasteiger charge is 2.25. The summed E-state index contributed by atoms with van der Waals surface area (Å²) in [4.78, 5) is 0. The molecular formula is C16H26O. The Labute approximate surface area is 106 Å². The molecule has 17 heavy (non-hydrogen) atoms. The van der Waals surface area contributed by atoms with Crippen LogP contribution in [0.4, 0.5) is 0 Å². The molecule has 0 fully saturated rings. The van der Waals surface area contributed by atoms with Gasteiger partial charge in [0.05, 0.1) is 0 Å². The molecule has 0 radical (unpaired) electrons. The summed E-state index contributed by atoms with van der Waals surface area (Å²) in [6.45, 7) is 9.05. The molecule has 0 unspecified atom stereocenters. The summed E-state index contributed by atoms with van der Waals surface area (Å²) in [5.74, 6) is 0.587. The Morgan fingerprint density at radius 2 is 1.59 bits per heavy atom. The third-order valence-electron chi connectivity index (χ3n) is 4.06. The van der Waals surface area contributed by atoms with Crippen molar-refractivity contribution < 1.29 is 5.11 Å². The molecule has 0 aliphatic carbocycles. The maximum absolute atomic E-state index is 9.58. The summed E-state index contributed by atoms with van der Waals surface area (Å²) in [6.07, 6.45) is 3.05. The molecule has 0 atom stereocenters. The highest BCUT2D eigenvalue weighted by Crippen LogP contribution is 2.30. The SMILES string of the molecule is CCC(CC)(CO)Cc1ccc(C(C)C)cc1. The lowest BCUT2D eigenvalue weighted by atomic mass is 9.77. The molecule has 1 nitrogen and oxygen atoms in total. The van der Waals surface area contributed by atoms with Crippen LogP contribution < -0.4 is 0 Å². The monoisotopic (exact) mass is 234 g/mol. The van der Waals surface area contributed by atoms with Gasteiger partial charge in [-0.05, 0) is 41.7 Å². The second-order valence-corrected chi connectivity index (χ2v) is 5.44. The van der Waals surface area contributed by atoms with E-state index in [-0.39, 0.29) is 12.0 Å². The van der Waals surface area contributed by atoms with Gasteiger partial charge >= 0.3 is 0 Å². The van der Waals surface area contributed by atoms with Crippen LogP contribution in [-0.2, 0) is 6.42 Å². The molecule has 1 rings (SSSR count). The van der Waals surface area contributed by atoms with Gasteiger partial charge in [-0.25, -0.2) is 0 Å². The lowest BCUT2D eigenvalue weighted by Crippen LogP contribution is -2.26. The van der Waals surface area contributed by atoms with Crippen LogP contribution in [0.2, 0.25) is 0 Å². The van der Waals surface area contributed by atoms with E-state index < -0.39 is 0 Å². The largest absolute Gasteiger partial charge is 0.396 e. The van der Waals surface area contributed by atoms with E-state index in [2.05, 4.69) is 52.0 Å². The van der Waals surface area contributed by atoms with Crippen molar-refractivity contribution in [1.29, 1.82) is 0 Å². The number of hydrogen-bond donors (Lipinski definition) is 1. The number of benzene rings is 1. The normalized spacial score (nSPS) is 12.1. The second kappa shape index (κ2) is 6.20. The van der Waals surface area contributed by atoms with Gasteiger partial charge in [0.25, 0.3) is 0 Å². The Kier molecular flexibility index (Phi) is 5.20. The fourth-order valence-corrected chi connectivity index (χ4v) is 2.23. The minimum atomic E-state index is 0.0688. The third kappa shape index (κ3) is 3.57. The summed E-state index contributed by atoms with van der Waals surface area (Å²) in [7, 11) is 0. The van der Waals surface area contributed by atoms with E-state index in [0.29, 0.717) is 5.92 Å². The van der Waals surface area contributed by atoms with Crippen molar-refractivity contribution in [3.8, 4) is 0 Å². The molecule has 0 spiro atoms. The molecule has 0 amide bonds. The molecule has 1 aromatic rings. The highest BCUT2D eigenvalue weighted by molar-refractivity contribution is 5.25. The summed E-state index contributed by atoms with van der Waals surface area (Å²) < 4.78 is 0. The van der Waals surface area contributed by atoms with Crippen molar-refractivity contribution in [1.82, 2.24) is 0 Å². The fraction of sp³-hybridized carbons (Fsp3) is 0.625. The summed E-state index contributed by atoms with van der Waals surface area (Å²) in [5.41, 5.74) is 2.79. The van der Waals surface area contributed by atoms with E-state index in [0.717, 1.165) is 19.3 Å². The van der Waals surface area contributed by atoms with Crippen molar-refractivity contribution in [2.75, 3.05) is 6.61 Å². The average molecular weight is 234 g/mol. The first-order valence-electron chi connectivity index (χ1n) is 6.76. The van der Waals surface area contributed by atoms with Gasteiger partial charge in [-0.3, -0.25) is 0 Å². The predicted molar refractivity (Wildman–Crippen MR) is 74.3 cm³/mol. The van der Waals surface area contributed by atoms with Crippen molar-refractivity contribution in [3.63, 3.8) is 0 Å². The van der Waals surface area contributed by atoms with E-state index in [9.17, 15) is 5.11 Å². The molecule has 0 aliphatic heterocycles. The van der Waals surface area contributed by atoms with E-state index in [4.69, 9.17) is 0 Å². The van der Waals surface area contributed by atoms with Crippen LogP contribution in [0.5, 0.6) is 0 Å². The topological polar surface area (TPSA) is 20.2 Å². The van der Waals surface area contributed by atoms with Crippen molar-refractivity contribution in [3.05, 3.63) is 35.4 Å². The molecule has 0 aliphatic rings. The van der Waals surface area contributed by atoms with Crippen LogP contribution in [0.25, 0.3) is 0 Å². The summed E-state index contributed by atoms with van der Waals surface area (Å²) >= 11 is 0. The first-order chi connectivity index (χ1) is 8.06. The van der Waals surface area contributed by atoms with Crippen LogP contribution in [0.1, 0.15) is 57.6 Å². The number of hydrogen-bond acceptors (Lipinski definition) is 1. The van der Waals surface area contributed by atoms with E-state index in [1.807, 2.05) is 0 Å². The maximum Gasteiger partial charge on any atom is 0.0490 e. The van der Waals surface area contributed by atoms with Crippen LogP contribution in [0.3, 0.4) is 0 Å². The molecule has 1 aromatic carbocycles. The van der Waals surface area contributed by atoms with E-state index >= 15 is 0 Å². The predicted octanol–water partition coefficient (Wildman–Crippen LogP) is 4.15. The summed E-state index contributed by atoms with van der Waals surface area (Å²) in [5, 5.41) is 9.58. The van der Waals surface area contributed by atoms with Crippen LogP contribution in [-0.4, -0.2) is 11.7 Å². The number of aliphatic hydroxyl groups is 1. The minimum absolute atomic E-state index is 0.0688. The van der Waals surface area contributed by atoms with Gasteiger partial charge in [0.2, 0.25) is 0 Å². The molecule has 96 valence electrons. The quantitative estimate of drug-likeness (QED) is 0.784. The smallest absolute Gasteiger partial charge is 0.0490 e. The Morgan fingerprint density at radius 1 is 1.06 bits per heavy atom. The zero-order valence-corrected chi connectivity index (χ0v) is 11.7. The van der Waals surface area contributed by atoms with Gasteiger partial charge < -0.3 is 5.11 Å². The molecule has 0 bridgehead atoms. The van der Waals surface area contributed by atoms with Crippen LogP contribution in [0, 0.1) is 5.41 Å². The van der Waals surface area contributed by atoms with Crippen LogP contribution >= 0.6 is 0 Å². The van der Waals surface area contributed by atoms with Gasteiger partial charge in [0.15, 0.2) is 0 Å². The molecule has 0 saturated carbocycles. The van der Waals surface area contributed by atoms with Crippen molar-refractivity contribution in [2.45, 2.75) is 52.9 Å². The van der Waals surface area contributed by atoms with E-state index in [1.54, 1.807) is 0 Å². The fourth-order valence-electron chi connectivity index (χ4n) is 2.23. The zero-order valence-electron chi connectivity index (χ0n) is 11.7. The summed E-state index contributed by atoms with van der Waals surface area (Å²) in [6, 6.07) is 8.86. The lowest BCUT2D eigenvalue weighted by Gasteiger charge is -2.29. The average Bonchev–Trinajstić information content (AvgIpc) is 2.37. The second-order valence-electron chi connectivity index (χ2n) is 5.44. The Bertz CT molecular complexity index is 312. The number of aliphatic hydroxyl groups excluding tert-OH is 1. The highest BCUT2D eigenvalue weighted by atomic mass is 16.3. The van der Waals surface area contributed by atoms with Crippen molar-refractivity contribution >= 4 is 0 Å². The molecule has 0 heterocycles. The van der Waals surface area contributed by atoms with Gasteiger partial charge in [0.1, 0.15) is 0 Å². The Hall–Kier alpha value is -0.820. The zero-order chi connectivity index (χ0) is 12.9. The van der Waals surface area contributed by atoms with Gasteiger partial charge in [-0.15, -0.1) is 0 Å². The maximum atomic E-state index is 9.58.